The van der Waals surface area contributed by atoms with Gasteiger partial charge in [-0.25, -0.2) is 18.5 Å². The molecule has 0 fully saturated rings. The number of fused-ring (bicyclic) bond motifs is 1. The van der Waals surface area contributed by atoms with Crippen LogP contribution >= 0.6 is 11.3 Å². The largest absolute Gasteiger partial charge is 0.350 e. The van der Waals surface area contributed by atoms with Crippen LogP contribution in [-0.4, -0.2) is 19.3 Å². The number of nitrogens with two attached hydrogens (primary N) is 1. The molecule has 6 nitrogen and oxygen atoms in total. The van der Waals surface area contributed by atoms with E-state index in [1.807, 2.05) is 24.3 Å². The Bertz CT molecular complexity index is 962. The van der Waals surface area contributed by atoms with Gasteiger partial charge in [-0.3, -0.25) is 4.79 Å². The molecule has 2 aromatic carbocycles. The zero-order chi connectivity index (χ0) is 17.9. The lowest BCUT2D eigenvalue weighted by Gasteiger charge is -2.04. The molecule has 0 saturated carbocycles. The number of thiazole rings is 1. The average Bonchev–Trinajstić information content (AvgIpc) is 3.00. The third kappa shape index (κ3) is 4.62. The molecule has 0 aliphatic carbocycles. The van der Waals surface area contributed by atoms with Crippen molar-refractivity contribution < 1.29 is 13.2 Å². The zero-order valence-electron chi connectivity index (χ0n) is 13.3. The molecule has 0 spiro atoms. The van der Waals surface area contributed by atoms with Gasteiger partial charge >= 0.3 is 0 Å². The van der Waals surface area contributed by atoms with E-state index in [0.717, 1.165) is 20.8 Å². The second kappa shape index (κ2) is 7.30. The molecule has 0 radical (unpaired) electrons. The second-order valence-corrected chi connectivity index (χ2v) is 8.22. The quantitative estimate of drug-likeness (QED) is 0.689. The number of carbonyl (C=O) groups excluding carboxylic acids is 1. The molecule has 25 heavy (non-hydrogen) atoms. The second-order valence-electron chi connectivity index (χ2n) is 5.54. The number of benzene rings is 2. The summed E-state index contributed by atoms with van der Waals surface area (Å²) in [7, 11) is -3.69. The van der Waals surface area contributed by atoms with Crippen LogP contribution in [0.3, 0.4) is 0 Å². The van der Waals surface area contributed by atoms with E-state index in [0.29, 0.717) is 19.4 Å². The van der Waals surface area contributed by atoms with Crippen LogP contribution in [0, 0.1) is 0 Å². The van der Waals surface area contributed by atoms with Gasteiger partial charge in [0.2, 0.25) is 15.9 Å². The van der Waals surface area contributed by atoms with Crippen LogP contribution in [0.4, 0.5) is 0 Å². The van der Waals surface area contributed by atoms with E-state index in [9.17, 15) is 13.2 Å². The highest BCUT2D eigenvalue weighted by Gasteiger charge is 2.09. The van der Waals surface area contributed by atoms with Crippen LogP contribution in [0.2, 0.25) is 0 Å². The molecular weight excluding hydrogens is 358 g/mol. The van der Waals surface area contributed by atoms with E-state index < -0.39 is 10.0 Å². The number of nitrogens with zero attached hydrogens (tertiary/aromatic N) is 1. The van der Waals surface area contributed by atoms with Crippen molar-refractivity contribution in [3.05, 3.63) is 59.1 Å². The Morgan fingerprint density at radius 1 is 1.12 bits per heavy atom. The SMILES string of the molecule is NS(=O)(=O)c1ccc(CCC(=O)NCc2nc3ccccc3s2)cc1. The van der Waals surface area contributed by atoms with Crippen molar-refractivity contribution in [1.82, 2.24) is 10.3 Å². The molecule has 0 atom stereocenters. The lowest BCUT2D eigenvalue weighted by molar-refractivity contribution is -0.121. The molecule has 0 aliphatic heterocycles. The maximum Gasteiger partial charge on any atom is 0.238 e. The third-order valence-electron chi connectivity index (χ3n) is 3.67. The topological polar surface area (TPSA) is 102 Å². The maximum absolute atomic E-state index is 12.0. The molecule has 1 amide bonds. The van der Waals surface area contributed by atoms with Gasteiger partial charge in [-0.05, 0) is 36.2 Å². The van der Waals surface area contributed by atoms with Crippen LogP contribution < -0.4 is 10.5 Å². The zero-order valence-corrected chi connectivity index (χ0v) is 14.9. The maximum atomic E-state index is 12.0. The van der Waals surface area contributed by atoms with Gasteiger partial charge < -0.3 is 5.32 Å². The Labute approximate surface area is 149 Å². The van der Waals surface area contributed by atoms with E-state index in [4.69, 9.17) is 5.14 Å². The number of hydrogen-bond acceptors (Lipinski definition) is 5. The van der Waals surface area contributed by atoms with Gasteiger partial charge in [-0.2, -0.15) is 0 Å². The molecule has 3 aromatic rings. The summed E-state index contributed by atoms with van der Waals surface area (Å²) in [6, 6.07) is 14.1. The number of nitrogens with one attached hydrogen (secondary N) is 1. The molecule has 0 bridgehead atoms. The minimum atomic E-state index is -3.69. The van der Waals surface area contributed by atoms with Crippen molar-refractivity contribution in [2.45, 2.75) is 24.3 Å². The number of rotatable bonds is 6. The molecule has 0 saturated heterocycles. The first-order valence-electron chi connectivity index (χ1n) is 7.65. The third-order valence-corrected chi connectivity index (χ3v) is 5.63. The van der Waals surface area contributed by atoms with E-state index in [-0.39, 0.29) is 10.8 Å². The normalized spacial score (nSPS) is 11.6. The molecule has 3 N–H and O–H groups in total. The summed E-state index contributed by atoms with van der Waals surface area (Å²) in [5, 5.41) is 8.78. The molecule has 3 rings (SSSR count). The summed E-state index contributed by atoms with van der Waals surface area (Å²) in [6.07, 6.45) is 0.843. The first-order valence-corrected chi connectivity index (χ1v) is 10.0. The molecule has 1 aromatic heterocycles. The van der Waals surface area contributed by atoms with Crippen molar-refractivity contribution in [3.63, 3.8) is 0 Å². The summed E-state index contributed by atoms with van der Waals surface area (Å²) in [5.41, 5.74) is 1.81. The fourth-order valence-electron chi connectivity index (χ4n) is 2.36. The Morgan fingerprint density at radius 2 is 1.84 bits per heavy atom. The fourth-order valence-corrected chi connectivity index (χ4v) is 3.78. The lowest BCUT2D eigenvalue weighted by Crippen LogP contribution is -2.22. The summed E-state index contributed by atoms with van der Waals surface area (Å²) in [5.74, 6) is -0.0743. The number of hydrogen-bond donors (Lipinski definition) is 2. The highest BCUT2D eigenvalue weighted by molar-refractivity contribution is 7.89. The average molecular weight is 375 g/mol. The lowest BCUT2D eigenvalue weighted by atomic mass is 10.1. The number of primary sulfonamides is 1. The standard InChI is InChI=1S/C17H17N3O3S2/c18-25(22,23)13-8-5-12(6-9-13)7-10-16(21)19-11-17-20-14-3-1-2-4-15(14)24-17/h1-6,8-9H,7,10-11H2,(H,19,21)(H2,18,22,23). The van der Waals surface area contributed by atoms with Crippen molar-refractivity contribution >= 4 is 37.5 Å². The smallest absolute Gasteiger partial charge is 0.238 e. The Balaban J connectivity index is 1.51. The van der Waals surface area contributed by atoms with Gasteiger partial charge in [-0.1, -0.05) is 24.3 Å². The molecule has 0 unspecified atom stereocenters. The Kier molecular flexibility index (Phi) is 5.12. The summed E-state index contributed by atoms with van der Waals surface area (Å²) >= 11 is 1.56. The van der Waals surface area contributed by atoms with Crippen molar-refractivity contribution in [2.75, 3.05) is 0 Å². The molecule has 130 valence electrons. The van der Waals surface area contributed by atoms with Crippen molar-refractivity contribution in [3.8, 4) is 0 Å². The Hall–Kier alpha value is -2.29. The Morgan fingerprint density at radius 3 is 2.52 bits per heavy atom. The monoisotopic (exact) mass is 375 g/mol. The van der Waals surface area contributed by atoms with Crippen molar-refractivity contribution in [2.24, 2.45) is 5.14 Å². The first-order chi connectivity index (χ1) is 11.9. The van der Waals surface area contributed by atoms with Gasteiger partial charge in [0, 0.05) is 6.42 Å². The van der Waals surface area contributed by atoms with Gasteiger partial charge in [0.15, 0.2) is 0 Å². The van der Waals surface area contributed by atoms with Crippen LogP contribution in [0.1, 0.15) is 17.0 Å². The first kappa shape index (κ1) is 17.5. The molecule has 1 heterocycles. The minimum Gasteiger partial charge on any atom is -0.350 e. The molecular formula is C17H17N3O3S2. The van der Waals surface area contributed by atoms with Gasteiger partial charge in [0.1, 0.15) is 5.01 Å². The number of carbonyl (C=O) groups is 1. The predicted molar refractivity (Wildman–Crippen MR) is 97.6 cm³/mol. The van der Waals surface area contributed by atoms with Crippen LogP contribution in [-0.2, 0) is 27.8 Å². The number of para-hydroxylation sites is 1. The summed E-state index contributed by atoms with van der Waals surface area (Å²) in [6.45, 7) is 0.405. The van der Waals surface area contributed by atoms with E-state index in [1.54, 1.807) is 23.5 Å². The van der Waals surface area contributed by atoms with Crippen LogP contribution in [0.15, 0.2) is 53.4 Å². The van der Waals surface area contributed by atoms with E-state index in [2.05, 4.69) is 10.3 Å². The van der Waals surface area contributed by atoms with E-state index >= 15 is 0 Å². The molecule has 0 aliphatic rings. The van der Waals surface area contributed by atoms with Crippen LogP contribution in [0.25, 0.3) is 10.2 Å². The van der Waals surface area contributed by atoms with E-state index in [1.165, 1.54) is 12.1 Å². The minimum absolute atomic E-state index is 0.0662. The van der Waals surface area contributed by atoms with Gasteiger partial charge in [-0.15, -0.1) is 11.3 Å². The van der Waals surface area contributed by atoms with Gasteiger partial charge in [0.25, 0.3) is 0 Å². The van der Waals surface area contributed by atoms with Crippen LogP contribution in [0.5, 0.6) is 0 Å². The highest BCUT2D eigenvalue weighted by atomic mass is 32.2. The number of sulfonamides is 1. The fraction of sp³-hybridized carbons (Fsp3) is 0.176. The summed E-state index contributed by atoms with van der Waals surface area (Å²) < 4.78 is 23.5. The number of aromatic nitrogens is 1. The number of amides is 1. The van der Waals surface area contributed by atoms with Gasteiger partial charge in [0.05, 0.1) is 21.7 Å². The molecule has 8 heteroatoms. The number of aryl methyl sites for hydroxylation is 1. The van der Waals surface area contributed by atoms with Crippen molar-refractivity contribution in [1.29, 1.82) is 0 Å². The predicted octanol–water partition coefficient (Wildman–Crippen LogP) is 2.19. The summed E-state index contributed by atoms with van der Waals surface area (Å²) in [4.78, 5) is 16.5. The highest BCUT2D eigenvalue weighted by Crippen LogP contribution is 2.21.